The summed E-state index contributed by atoms with van der Waals surface area (Å²) in [4.78, 5) is 26.4. The summed E-state index contributed by atoms with van der Waals surface area (Å²) in [5, 5.41) is 8.85. The molecule has 5 rings (SSSR count). The number of hydrogen-bond donors (Lipinski definition) is 2. The van der Waals surface area contributed by atoms with Crippen LogP contribution >= 0.6 is 23.1 Å². The molecule has 7 nitrogen and oxygen atoms in total. The second kappa shape index (κ2) is 9.60. The lowest BCUT2D eigenvalue weighted by Crippen LogP contribution is -2.26. The van der Waals surface area contributed by atoms with Gasteiger partial charge in [-0.3, -0.25) is 9.59 Å². The third-order valence-corrected chi connectivity index (χ3v) is 7.06. The molecule has 168 valence electrons. The van der Waals surface area contributed by atoms with Crippen LogP contribution in [0.4, 0.5) is 5.69 Å². The summed E-state index contributed by atoms with van der Waals surface area (Å²) in [7, 11) is 0. The van der Waals surface area contributed by atoms with Crippen LogP contribution in [0.2, 0.25) is 0 Å². The summed E-state index contributed by atoms with van der Waals surface area (Å²) >= 11 is 2.91. The van der Waals surface area contributed by atoms with Crippen molar-refractivity contribution in [3.05, 3.63) is 71.1 Å². The molecule has 3 heterocycles. The van der Waals surface area contributed by atoms with Gasteiger partial charge in [-0.25, -0.2) is 0 Å². The third kappa shape index (κ3) is 4.84. The molecule has 0 unspecified atom stereocenters. The number of rotatable bonds is 8. The first-order valence-electron chi connectivity index (χ1n) is 10.4. The number of aromatic nitrogens is 1. The average Bonchev–Trinajstić information content (AvgIpc) is 3.58. The molecule has 0 fully saturated rings. The van der Waals surface area contributed by atoms with Gasteiger partial charge in [-0.15, -0.1) is 23.1 Å². The zero-order valence-electron chi connectivity index (χ0n) is 17.6. The van der Waals surface area contributed by atoms with E-state index in [9.17, 15) is 9.59 Å². The van der Waals surface area contributed by atoms with Crippen molar-refractivity contribution in [2.45, 2.75) is 11.4 Å². The standard InChI is InChI=1S/C24H21N3O4S2/c28-23(26-16-7-8-19-20(12-16)31-15-30-19)14-33-22-13-27(18-5-2-1-4-17(18)22)10-9-25-24(29)21-6-3-11-32-21/h1-8,11-13H,9-10,14-15H2,(H,25,29)(H,26,28). The Labute approximate surface area is 198 Å². The van der Waals surface area contributed by atoms with Crippen LogP contribution in [0.3, 0.4) is 0 Å². The summed E-state index contributed by atoms with van der Waals surface area (Å²) < 4.78 is 12.8. The Kier molecular flexibility index (Phi) is 6.23. The zero-order valence-corrected chi connectivity index (χ0v) is 19.2. The predicted molar refractivity (Wildman–Crippen MR) is 131 cm³/mol. The van der Waals surface area contributed by atoms with Crippen LogP contribution in [0.25, 0.3) is 10.9 Å². The average molecular weight is 480 g/mol. The van der Waals surface area contributed by atoms with Crippen molar-refractivity contribution < 1.29 is 19.1 Å². The Morgan fingerprint density at radius 2 is 1.94 bits per heavy atom. The van der Waals surface area contributed by atoms with Crippen LogP contribution in [-0.2, 0) is 11.3 Å². The highest BCUT2D eigenvalue weighted by atomic mass is 32.2. The van der Waals surface area contributed by atoms with Gasteiger partial charge in [-0.2, -0.15) is 0 Å². The number of thioether (sulfide) groups is 1. The molecule has 4 aromatic rings. The zero-order chi connectivity index (χ0) is 22.6. The Hall–Kier alpha value is -3.43. The molecule has 2 aromatic carbocycles. The number of benzene rings is 2. The van der Waals surface area contributed by atoms with E-state index in [4.69, 9.17) is 9.47 Å². The Balaban J connectivity index is 1.21. The fraction of sp³-hybridized carbons (Fsp3) is 0.167. The van der Waals surface area contributed by atoms with E-state index in [1.54, 1.807) is 18.2 Å². The molecule has 2 N–H and O–H groups in total. The minimum Gasteiger partial charge on any atom is -0.454 e. The summed E-state index contributed by atoms with van der Waals surface area (Å²) in [6, 6.07) is 17.1. The maximum Gasteiger partial charge on any atom is 0.261 e. The van der Waals surface area contributed by atoms with E-state index >= 15 is 0 Å². The maximum absolute atomic E-state index is 12.5. The monoisotopic (exact) mass is 479 g/mol. The van der Waals surface area contributed by atoms with E-state index in [0.29, 0.717) is 35.2 Å². The van der Waals surface area contributed by atoms with Gasteiger partial charge in [-0.1, -0.05) is 24.3 Å². The molecular formula is C24H21N3O4S2. The number of carbonyl (C=O) groups is 2. The van der Waals surface area contributed by atoms with Crippen LogP contribution in [0.5, 0.6) is 11.5 Å². The lowest BCUT2D eigenvalue weighted by molar-refractivity contribution is -0.113. The molecule has 9 heteroatoms. The van der Waals surface area contributed by atoms with Gasteiger partial charge in [-0.05, 0) is 29.6 Å². The number of carbonyl (C=O) groups excluding carboxylic acids is 2. The molecule has 0 aliphatic carbocycles. The number of para-hydroxylation sites is 1. The first-order valence-corrected chi connectivity index (χ1v) is 12.3. The van der Waals surface area contributed by atoms with E-state index in [-0.39, 0.29) is 24.4 Å². The molecule has 0 bridgehead atoms. The lowest BCUT2D eigenvalue weighted by Gasteiger charge is -2.06. The molecule has 0 saturated heterocycles. The molecule has 2 amide bonds. The van der Waals surface area contributed by atoms with Gasteiger partial charge in [0.1, 0.15) is 0 Å². The predicted octanol–water partition coefficient (Wildman–Crippen LogP) is 4.59. The number of ether oxygens (including phenoxy) is 2. The lowest BCUT2D eigenvalue weighted by atomic mass is 10.2. The highest BCUT2D eigenvalue weighted by Crippen LogP contribution is 2.34. The first-order chi connectivity index (χ1) is 16.2. The van der Waals surface area contributed by atoms with Gasteiger partial charge in [0.25, 0.3) is 5.91 Å². The highest BCUT2D eigenvalue weighted by molar-refractivity contribution is 8.00. The van der Waals surface area contributed by atoms with Crippen molar-refractivity contribution in [1.82, 2.24) is 9.88 Å². The van der Waals surface area contributed by atoms with Crippen LogP contribution in [-0.4, -0.2) is 35.5 Å². The number of nitrogens with one attached hydrogen (secondary N) is 2. The van der Waals surface area contributed by atoms with E-state index < -0.39 is 0 Å². The van der Waals surface area contributed by atoms with Gasteiger partial charge < -0.3 is 24.7 Å². The summed E-state index contributed by atoms with van der Waals surface area (Å²) in [5.74, 6) is 1.43. The molecule has 0 atom stereocenters. The van der Waals surface area contributed by atoms with Crippen molar-refractivity contribution in [2.75, 3.05) is 24.4 Å². The number of nitrogens with zero attached hydrogens (tertiary/aromatic N) is 1. The Bertz CT molecular complexity index is 1300. The Morgan fingerprint density at radius 3 is 2.82 bits per heavy atom. The molecule has 0 saturated carbocycles. The van der Waals surface area contributed by atoms with Crippen molar-refractivity contribution >= 4 is 51.5 Å². The number of thiophene rings is 1. The summed E-state index contributed by atoms with van der Waals surface area (Å²) in [6.07, 6.45) is 2.04. The highest BCUT2D eigenvalue weighted by Gasteiger charge is 2.15. The van der Waals surface area contributed by atoms with Gasteiger partial charge in [0.2, 0.25) is 12.7 Å². The number of fused-ring (bicyclic) bond motifs is 2. The van der Waals surface area contributed by atoms with Crippen molar-refractivity contribution in [3.63, 3.8) is 0 Å². The molecule has 2 aromatic heterocycles. The number of hydrogen-bond acceptors (Lipinski definition) is 6. The van der Waals surface area contributed by atoms with Crippen LogP contribution in [0, 0.1) is 0 Å². The fourth-order valence-electron chi connectivity index (χ4n) is 3.61. The van der Waals surface area contributed by atoms with Crippen molar-refractivity contribution in [2.24, 2.45) is 0 Å². The van der Waals surface area contributed by atoms with Crippen molar-refractivity contribution in [1.29, 1.82) is 0 Å². The topological polar surface area (TPSA) is 81.6 Å². The van der Waals surface area contributed by atoms with Gasteiger partial charge in [0.15, 0.2) is 11.5 Å². The van der Waals surface area contributed by atoms with Crippen LogP contribution < -0.4 is 20.1 Å². The second-order valence-corrected chi connectivity index (χ2v) is 9.31. The molecule has 1 aliphatic rings. The van der Waals surface area contributed by atoms with E-state index in [0.717, 1.165) is 15.8 Å². The molecule has 0 spiro atoms. The molecule has 33 heavy (non-hydrogen) atoms. The minimum absolute atomic E-state index is 0.0590. The number of amides is 2. The summed E-state index contributed by atoms with van der Waals surface area (Å²) in [6.45, 7) is 1.36. The quantitative estimate of drug-likeness (QED) is 0.361. The SMILES string of the molecule is O=C(CSc1cn(CCNC(=O)c2cccs2)c2ccccc12)Nc1ccc2c(c1)OCO2. The minimum atomic E-state index is -0.0982. The summed E-state index contributed by atoms with van der Waals surface area (Å²) in [5.41, 5.74) is 1.75. The van der Waals surface area contributed by atoms with Gasteiger partial charge in [0.05, 0.1) is 10.6 Å². The smallest absolute Gasteiger partial charge is 0.261 e. The van der Waals surface area contributed by atoms with Crippen LogP contribution in [0.1, 0.15) is 9.67 Å². The van der Waals surface area contributed by atoms with E-state index in [1.165, 1.54) is 23.1 Å². The second-order valence-electron chi connectivity index (χ2n) is 7.34. The normalized spacial score (nSPS) is 12.1. The van der Waals surface area contributed by atoms with E-state index in [2.05, 4.69) is 15.2 Å². The molecule has 1 aliphatic heterocycles. The molecular weight excluding hydrogens is 458 g/mol. The maximum atomic E-state index is 12.5. The molecule has 0 radical (unpaired) electrons. The van der Waals surface area contributed by atoms with Gasteiger partial charge >= 0.3 is 0 Å². The Morgan fingerprint density at radius 1 is 1.06 bits per heavy atom. The largest absolute Gasteiger partial charge is 0.454 e. The van der Waals surface area contributed by atoms with E-state index in [1.807, 2.05) is 48.0 Å². The van der Waals surface area contributed by atoms with Crippen LogP contribution in [0.15, 0.2) is 71.1 Å². The van der Waals surface area contributed by atoms with Crippen molar-refractivity contribution in [3.8, 4) is 11.5 Å². The first kappa shape index (κ1) is 21.4. The fourth-order valence-corrected chi connectivity index (χ4v) is 5.14. The van der Waals surface area contributed by atoms with Gasteiger partial charge in [0, 0.05) is 46.8 Å². The third-order valence-electron chi connectivity index (χ3n) is 5.15. The number of anilines is 1.